The summed E-state index contributed by atoms with van der Waals surface area (Å²) in [6.45, 7) is 14.2. The third-order valence-electron chi connectivity index (χ3n) is 3.23. The Kier molecular flexibility index (Phi) is 8.96. The highest BCUT2D eigenvalue weighted by atomic mass is 16.5. The van der Waals surface area contributed by atoms with Gasteiger partial charge in [-0.15, -0.1) is 0 Å². The molecule has 1 rings (SSSR count). The minimum atomic E-state index is -0.249. The molecule has 1 aromatic carbocycles. The van der Waals surface area contributed by atoms with E-state index >= 15 is 0 Å². The molecule has 0 aliphatic heterocycles. The Hall–Kier alpha value is -2.24. The molecule has 0 saturated heterocycles. The number of guanidine groups is 1. The summed E-state index contributed by atoms with van der Waals surface area (Å²) in [7, 11) is 0. The van der Waals surface area contributed by atoms with Crippen molar-refractivity contribution in [2.24, 2.45) is 10.9 Å². The summed E-state index contributed by atoms with van der Waals surface area (Å²) >= 11 is 0. The largest absolute Gasteiger partial charge is 0.493 e. The number of hydrogen-bond acceptors (Lipinski definition) is 3. The fourth-order valence-electron chi connectivity index (χ4n) is 2.16. The summed E-state index contributed by atoms with van der Waals surface area (Å²) in [5.74, 6) is 1.86. The van der Waals surface area contributed by atoms with E-state index in [0.717, 1.165) is 17.9 Å². The van der Waals surface area contributed by atoms with Gasteiger partial charge in [0.15, 0.2) is 5.96 Å². The van der Waals surface area contributed by atoms with E-state index in [1.807, 2.05) is 52.0 Å². The van der Waals surface area contributed by atoms with Gasteiger partial charge in [-0.05, 0) is 39.7 Å². The highest BCUT2D eigenvalue weighted by Gasteiger charge is 2.13. The molecule has 0 bridgehead atoms. The van der Waals surface area contributed by atoms with Crippen molar-refractivity contribution in [2.45, 2.75) is 53.6 Å². The Morgan fingerprint density at radius 3 is 2.50 bits per heavy atom. The minimum Gasteiger partial charge on any atom is -0.493 e. The summed E-state index contributed by atoms with van der Waals surface area (Å²) in [6, 6.07) is 7.91. The first-order chi connectivity index (χ1) is 12.2. The summed E-state index contributed by atoms with van der Waals surface area (Å²) in [6.07, 6.45) is 0. The SMILES string of the molecule is CCNC(=NCc1ccccc1OCC(C)C)NCC(=O)NC(C)(C)C. The van der Waals surface area contributed by atoms with Crippen LogP contribution in [-0.2, 0) is 11.3 Å². The van der Waals surface area contributed by atoms with Crippen molar-refractivity contribution >= 4 is 11.9 Å². The van der Waals surface area contributed by atoms with Crippen LogP contribution in [0, 0.1) is 5.92 Å². The molecule has 0 radical (unpaired) electrons. The van der Waals surface area contributed by atoms with Crippen molar-refractivity contribution in [3.63, 3.8) is 0 Å². The molecule has 0 saturated carbocycles. The van der Waals surface area contributed by atoms with Crippen LogP contribution in [0.4, 0.5) is 0 Å². The Bertz CT molecular complexity index is 592. The second-order valence-electron chi connectivity index (χ2n) is 7.66. The van der Waals surface area contributed by atoms with Gasteiger partial charge in [-0.1, -0.05) is 32.0 Å². The average molecular weight is 363 g/mol. The quantitative estimate of drug-likeness (QED) is 0.491. The molecule has 0 unspecified atom stereocenters. The number of aliphatic imine (C=N–C) groups is 1. The van der Waals surface area contributed by atoms with Gasteiger partial charge in [-0.3, -0.25) is 4.79 Å². The first-order valence-electron chi connectivity index (χ1n) is 9.25. The van der Waals surface area contributed by atoms with Gasteiger partial charge in [0.2, 0.25) is 5.91 Å². The lowest BCUT2D eigenvalue weighted by atomic mass is 10.1. The number of hydrogen-bond donors (Lipinski definition) is 3. The van der Waals surface area contributed by atoms with Crippen LogP contribution in [-0.4, -0.2) is 37.1 Å². The van der Waals surface area contributed by atoms with E-state index in [9.17, 15) is 4.79 Å². The van der Waals surface area contributed by atoms with Gasteiger partial charge in [0.25, 0.3) is 0 Å². The molecule has 6 nitrogen and oxygen atoms in total. The average Bonchev–Trinajstić information content (AvgIpc) is 2.54. The highest BCUT2D eigenvalue weighted by molar-refractivity contribution is 5.86. The summed E-state index contributed by atoms with van der Waals surface area (Å²) in [5.41, 5.74) is 0.769. The zero-order valence-corrected chi connectivity index (χ0v) is 17.0. The topological polar surface area (TPSA) is 74.8 Å². The normalized spacial score (nSPS) is 12.0. The maximum atomic E-state index is 12.0. The van der Waals surface area contributed by atoms with Crippen molar-refractivity contribution < 1.29 is 9.53 Å². The summed E-state index contributed by atoms with van der Waals surface area (Å²) in [4.78, 5) is 16.5. The van der Waals surface area contributed by atoms with E-state index in [1.54, 1.807) is 0 Å². The van der Waals surface area contributed by atoms with E-state index in [4.69, 9.17) is 4.74 Å². The van der Waals surface area contributed by atoms with E-state index in [0.29, 0.717) is 25.0 Å². The first kappa shape index (κ1) is 21.8. The third-order valence-corrected chi connectivity index (χ3v) is 3.23. The van der Waals surface area contributed by atoms with Gasteiger partial charge < -0.3 is 20.7 Å². The second-order valence-corrected chi connectivity index (χ2v) is 7.66. The fourth-order valence-corrected chi connectivity index (χ4v) is 2.16. The van der Waals surface area contributed by atoms with Crippen LogP contribution in [0.3, 0.4) is 0 Å². The number of carbonyl (C=O) groups is 1. The predicted octanol–water partition coefficient (Wildman–Crippen LogP) is 2.69. The molecule has 26 heavy (non-hydrogen) atoms. The summed E-state index contributed by atoms with van der Waals surface area (Å²) in [5, 5.41) is 9.15. The predicted molar refractivity (Wildman–Crippen MR) is 107 cm³/mol. The van der Waals surface area contributed by atoms with Crippen molar-refractivity contribution in [3.05, 3.63) is 29.8 Å². The first-order valence-corrected chi connectivity index (χ1v) is 9.25. The van der Waals surface area contributed by atoms with Crippen LogP contribution in [0.1, 0.15) is 47.1 Å². The molecule has 0 aromatic heterocycles. The zero-order chi connectivity index (χ0) is 19.6. The van der Waals surface area contributed by atoms with E-state index in [-0.39, 0.29) is 18.0 Å². The smallest absolute Gasteiger partial charge is 0.239 e. The van der Waals surface area contributed by atoms with Crippen molar-refractivity contribution in [1.82, 2.24) is 16.0 Å². The number of benzene rings is 1. The number of nitrogens with zero attached hydrogens (tertiary/aromatic N) is 1. The third kappa shape index (κ3) is 9.30. The Labute approximate surface area is 157 Å². The van der Waals surface area contributed by atoms with Gasteiger partial charge in [0.05, 0.1) is 19.7 Å². The minimum absolute atomic E-state index is 0.0660. The van der Waals surface area contributed by atoms with Crippen molar-refractivity contribution in [2.75, 3.05) is 19.7 Å². The molecule has 0 fully saturated rings. The standard InChI is InChI=1S/C20H34N4O2/c1-7-21-19(23-13-18(25)24-20(4,5)6)22-12-16-10-8-9-11-17(16)26-14-15(2)3/h8-11,15H,7,12-14H2,1-6H3,(H,24,25)(H2,21,22,23). The molecule has 3 N–H and O–H groups in total. The highest BCUT2D eigenvalue weighted by Crippen LogP contribution is 2.19. The Morgan fingerprint density at radius 1 is 1.19 bits per heavy atom. The number of rotatable bonds is 8. The molecule has 0 aliphatic carbocycles. The number of para-hydroxylation sites is 1. The van der Waals surface area contributed by atoms with Crippen LogP contribution in [0.5, 0.6) is 5.75 Å². The number of carbonyl (C=O) groups excluding carboxylic acids is 1. The van der Waals surface area contributed by atoms with Gasteiger partial charge >= 0.3 is 0 Å². The lowest BCUT2D eigenvalue weighted by Crippen LogP contribution is -2.48. The van der Waals surface area contributed by atoms with Crippen LogP contribution < -0.4 is 20.7 Å². The number of ether oxygens (including phenoxy) is 1. The molecular formula is C20H34N4O2. The maximum Gasteiger partial charge on any atom is 0.239 e. The second kappa shape index (κ2) is 10.7. The fraction of sp³-hybridized carbons (Fsp3) is 0.600. The van der Waals surface area contributed by atoms with Gasteiger partial charge in [0.1, 0.15) is 5.75 Å². The molecule has 0 aliphatic rings. The van der Waals surface area contributed by atoms with Gasteiger partial charge in [-0.2, -0.15) is 0 Å². The lowest BCUT2D eigenvalue weighted by molar-refractivity contribution is -0.121. The van der Waals surface area contributed by atoms with Crippen molar-refractivity contribution in [1.29, 1.82) is 0 Å². The zero-order valence-electron chi connectivity index (χ0n) is 17.0. The number of amides is 1. The van der Waals surface area contributed by atoms with E-state index < -0.39 is 0 Å². The van der Waals surface area contributed by atoms with E-state index in [1.165, 1.54) is 0 Å². The molecule has 1 amide bonds. The van der Waals surface area contributed by atoms with Crippen LogP contribution in [0.15, 0.2) is 29.3 Å². The monoisotopic (exact) mass is 362 g/mol. The van der Waals surface area contributed by atoms with Crippen LogP contribution >= 0.6 is 0 Å². The van der Waals surface area contributed by atoms with Crippen molar-refractivity contribution in [3.8, 4) is 5.75 Å². The Morgan fingerprint density at radius 2 is 1.88 bits per heavy atom. The van der Waals surface area contributed by atoms with Gasteiger partial charge in [-0.25, -0.2) is 4.99 Å². The van der Waals surface area contributed by atoms with Gasteiger partial charge in [0, 0.05) is 17.6 Å². The van der Waals surface area contributed by atoms with Crippen LogP contribution in [0.25, 0.3) is 0 Å². The Balaban J connectivity index is 2.70. The molecule has 0 heterocycles. The molecule has 146 valence electrons. The summed E-state index contributed by atoms with van der Waals surface area (Å²) < 4.78 is 5.87. The molecule has 1 aromatic rings. The maximum absolute atomic E-state index is 12.0. The molecule has 6 heteroatoms. The molecule has 0 spiro atoms. The lowest BCUT2D eigenvalue weighted by Gasteiger charge is -2.21. The molecular weight excluding hydrogens is 328 g/mol. The van der Waals surface area contributed by atoms with Crippen LogP contribution in [0.2, 0.25) is 0 Å². The number of nitrogens with one attached hydrogen (secondary N) is 3. The molecule has 0 atom stereocenters. The van der Waals surface area contributed by atoms with E-state index in [2.05, 4.69) is 34.8 Å².